The van der Waals surface area contributed by atoms with Crippen molar-refractivity contribution in [3.8, 4) is 0 Å². The minimum absolute atomic E-state index is 0.00815. The van der Waals surface area contributed by atoms with E-state index >= 15 is 0 Å². The number of alkyl halides is 3. The predicted octanol–water partition coefficient (Wildman–Crippen LogP) is -7.82. The summed E-state index contributed by atoms with van der Waals surface area (Å²) in [5, 5.41) is 46.4. The molecule has 2 unspecified atom stereocenters. The molecular formula is C43H76F3N17O12. The molecular weight excluding hydrogens is 1000 g/mol. The number of carbonyl (C=O) groups is 9. The lowest BCUT2D eigenvalue weighted by atomic mass is 10.0. The van der Waals surface area contributed by atoms with E-state index in [0.29, 0.717) is 25.8 Å². The average Bonchev–Trinajstić information content (AvgIpc) is 3.91. The SMILES string of the molecule is NCCCC[C@H](NC(=O)C1(NC(=O)[C@@H]2CCCN2C(=O)[C@@H](CCCN)NC(=O)CNC(=O)[C@@H](NC(=O)[C@@H](NC(=O)[C@@H](N)CCCCN)[C@@H](O)CN)[C@@H](O)CN)CC1C(F)(F)F)C(=O)N/C(=C\CCN=C(N)N)C(=O)O. The maximum Gasteiger partial charge on any atom is 0.394 e. The molecule has 1 saturated heterocycles. The zero-order valence-electron chi connectivity index (χ0n) is 41.6. The smallest absolute Gasteiger partial charge is 0.394 e. The van der Waals surface area contributed by atoms with Crippen LogP contribution in [0.1, 0.15) is 77.0 Å². The van der Waals surface area contributed by atoms with Crippen molar-refractivity contribution in [3.05, 3.63) is 11.8 Å². The summed E-state index contributed by atoms with van der Waals surface area (Å²) in [7, 11) is 0. The van der Waals surface area contributed by atoms with Crippen LogP contribution in [0.4, 0.5) is 13.2 Å². The van der Waals surface area contributed by atoms with Gasteiger partial charge in [-0.2, -0.15) is 13.2 Å². The van der Waals surface area contributed by atoms with Gasteiger partial charge >= 0.3 is 12.1 Å². The number of nitrogens with two attached hydrogens (primary N) is 8. The van der Waals surface area contributed by atoms with Crippen LogP contribution in [0.25, 0.3) is 0 Å². The molecule has 0 bridgehead atoms. The summed E-state index contributed by atoms with van der Waals surface area (Å²) in [4.78, 5) is 125. The number of hydrogen-bond donors (Lipinski definition) is 18. The molecule has 0 radical (unpaired) electrons. The third-order valence-electron chi connectivity index (χ3n) is 12.2. The third-order valence-corrected chi connectivity index (χ3v) is 12.2. The van der Waals surface area contributed by atoms with Gasteiger partial charge in [0.15, 0.2) is 5.96 Å². The lowest BCUT2D eigenvalue weighted by Gasteiger charge is -2.31. The van der Waals surface area contributed by atoms with E-state index in [0.717, 1.165) is 11.0 Å². The normalized spacial score (nSPS) is 20.1. The number of carboxylic acid groups (broad SMARTS) is 1. The third kappa shape index (κ3) is 20.4. The van der Waals surface area contributed by atoms with Crippen LogP contribution in [0, 0.1) is 5.92 Å². The molecule has 426 valence electrons. The molecule has 8 amide bonds. The summed E-state index contributed by atoms with van der Waals surface area (Å²) in [5.41, 5.74) is 41.0. The Hall–Kier alpha value is -6.29. The number of amides is 8. The first kappa shape index (κ1) is 64.8. The van der Waals surface area contributed by atoms with E-state index < -0.39 is 151 Å². The molecule has 0 aromatic carbocycles. The number of nitrogens with zero attached hydrogens (tertiary/aromatic N) is 2. The van der Waals surface area contributed by atoms with E-state index in [4.69, 9.17) is 45.9 Å². The molecule has 2 aliphatic rings. The number of likely N-dealkylation sites (tertiary alicyclic amines) is 1. The lowest BCUT2D eigenvalue weighted by molar-refractivity contribution is -0.160. The maximum absolute atomic E-state index is 14.4. The quantitative estimate of drug-likeness (QED) is 0.0123. The zero-order valence-corrected chi connectivity index (χ0v) is 41.6. The highest BCUT2D eigenvalue weighted by Crippen LogP contribution is 2.54. The molecule has 75 heavy (non-hydrogen) atoms. The zero-order chi connectivity index (χ0) is 56.6. The van der Waals surface area contributed by atoms with Crippen molar-refractivity contribution < 1.29 is 71.6 Å². The summed E-state index contributed by atoms with van der Waals surface area (Å²) >= 11 is 0. The Morgan fingerprint density at radius 1 is 0.747 bits per heavy atom. The van der Waals surface area contributed by atoms with Gasteiger partial charge in [-0.25, -0.2) is 4.79 Å². The number of halogens is 3. The van der Waals surface area contributed by atoms with Crippen molar-refractivity contribution in [2.75, 3.05) is 52.4 Å². The van der Waals surface area contributed by atoms with E-state index in [2.05, 4.69) is 42.2 Å². The van der Waals surface area contributed by atoms with E-state index in [-0.39, 0.29) is 83.5 Å². The van der Waals surface area contributed by atoms with Crippen LogP contribution < -0.4 is 83.1 Å². The number of aliphatic imine (C=N–C) groups is 1. The summed E-state index contributed by atoms with van der Waals surface area (Å²) in [6, 6.07) is -9.29. The molecule has 1 saturated carbocycles. The Morgan fingerprint density at radius 3 is 1.87 bits per heavy atom. The number of aliphatic carboxylic acids is 1. The number of carboxylic acids is 1. The number of nitrogens with one attached hydrogen (secondary N) is 7. The number of aliphatic hydroxyl groups is 2. The lowest BCUT2D eigenvalue weighted by Crippen LogP contribution is -2.63. The molecule has 29 nitrogen and oxygen atoms in total. The minimum Gasteiger partial charge on any atom is -0.477 e. The highest BCUT2D eigenvalue weighted by molar-refractivity contribution is 6.01. The van der Waals surface area contributed by atoms with Crippen LogP contribution in [0.15, 0.2) is 16.8 Å². The first-order valence-electron chi connectivity index (χ1n) is 24.4. The molecule has 0 aromatic rings. The number of carbonyl (C=O) groups excluding carboxylic acids is 8. The van der Waals surface area contributed by atoms with E-state index in [1.165, 1.54) is 0 Å². The molecule has 32 heteroatoms. The Balaban J connectivity index is 2.29. The summed E-state index contributed by atoms with van der Waals surface area (Å²) in [6.07, 6.45) is -6.95. The van der Waals surface area contributed by atoms with E-state index in [9.17, 15) is 71.6 Å². The molecule has 2 fully saturated rings. The van der Waals surface area contributed by atoms with Gasteiger partial charge in [-0.1, -0.05) is 12.5 Å². The molecule has 1 heterocycles. The van der Waals surface area contributed by atoms with Gasteiger partial charge in [-0.3, -0.25) is 43.3 Å². The van der Waals surface area contributed by atoms with Crippen molar-refractivity contribution in [2.45, 2.75) is 137 Å². The highest BCUT2D eigenvalue weighted by atomic mass is 19.4. The van der Waals surface area contributed by atoms with Crippen LogP contribution in [0.2, 0.25) is 0 Å². The Bertz CT molecular complexity index is 2030. The van der Waals surface area contributed by atoms with Crippen LogP contribution in [-0.4, -0.2) is 192 Å². The topological polar surface area (TPSA) is 522 Å². The average molecular weight is 1080 g/mol. The monoisotopic (exact) mass is 1080 g/mol. The second kappa shape index (κ2) is 31.6. The fraction of sp³-hybridized carbons (Fsp3) is 0.721. The maximum atomic E-state index is 14.4. The van der Waals surface area contributed by atoms with E-state index in [1.807, 2.05) is 0 Å². The van der Waals surface area contributed by atoms with Crippen LogP contribution >= 0.6 is 0 Å². The molecule has 0 aromatic heterocycles. The summed E-state index contributed by atoms with van der Waals surface area (Å²) in [5.74, 6) is -13.1. The Kier molecular flexibility index (Phi) is 27.3. The van der Waals surface area contributed by atoms with Gasteiger partial charge in [0.2, 0.25) is 47.3 Å². The number of unbranched alkanes of at least 4 members (excludes halogenated alkanes) is 2. The van der Waals surface area contributed by atoms with Crippen LogP contribution in [-0.2, 0) is 43.2 Å². The van der Waals surface area contributed by atoms with Crippen molar-refractivity contribution >= 4 is 59.2 Å². The van der Waals surface area contributed by atoms with Crippen molar-refractivity contribution in [1.82, 2.24) is 42.1 Å². The molecule has 26 N–H and O–H groups in total. The fourth-order valence-corrected chi connectivity index (χ4v) is 7.96. The van der Waals surface area contributed by atoms with Gasteiger partial charge in [-0.05, 0) is 90.3 Å². The number of hydrogen-bond acceptors (Lipinski definition) is 18. The second-order valence-corrected chi connectivity index (χ2v) is 18.0. The second-order valence-electron chi connectivity index (χ2n) is 18.0. The van der Waals surface area contributed by atoms with E-state index in [1.54, 1.807) is 0 Å². The van der Waals surface area contributed by atoms with Crippen molar-refractivity contribution in [1.29, 1.82) is 0 Å². The standard InChI is InChI=1S/C43H76F3N17O12/c44-43(45,46)29-18-42(29,40(75)59-23(9-2-4-14-48)34(68)58-25(39(73)74)11-6-16-55-41(53)54)62-35(69)26-12-7-17-63(26)38(72)24(10-5-15-49)57-30(66)21-56-36(70)31(27(64)19-50)61-37(71)32(28(65)20-51)60-33(67)22(52)8-1-3-13-47/h11,22-24,26-29,31-32,64-65H,1-10,12-21,47-52H2,(H,56,70)(H,57,66)(H,58,68)(H,59,75)(H,60,67)(H,61,71)(H,62,69)(H,73,74)(H4,53,54,55)/b25-11-/t22-,23-,24+,26-,27-,28-,29?,31-,32-,42?/m0/s1. The molecule has 0 spiro atoms. The highest BCUT2D eigenvalue weighted by Gasteiger charge is 2.72. The first-order valence-corrected chi connectivity index (χ1v) is 24.4. The van der Waals surface area contributed by atoms with Crippen LogP contribution in [0.5, 0.6) is 0 Å². The van der Waals surface area contributed by atoms with Gasteiger partial charge in [-0.15, -0.1) is 0 Å². The fourth-order valence-electron chi connectivity index (χ4n) is 7.96. The molecule has 1 aliphatic carbocycles. The number of rotatable bonds is 34. The summed E-state index contributed by atoms with van der Waals surface area (Å²) in [6.45, 7) is -1.74. The summed E-state index contributed by atoms with van der Waals surface area (Å²) < 4.78 is 43.2. The largest absolute Gasteiger partial charge is 0.477 e. The predicted molar refractivity (Wildman–Crippen MR) is 262 cm³/mol. The molecule has 10 atom stereocenters. The van der Waals surface area contributed by atoms with Crippen molar-refractivity contribution in [2.24, 2.45) is 56.8 Å². The van der Waals surface area contributed by atoms with Gasteiger partial charge in [0, 0.05) is 26.2 Å². The van der Waals surface area contributed by atoms with Crippen molar-refractivity contribution in [3.63, 3.8) is 0 Å². The molecule has 1 aliphatic heterocycles. The minimum atomic E-state index is -5.05. The van der Waals surface area contributed by atoms with Gasteiger partial charge in [0.1, 0.15) is 41.4 Å². The Morgan fingerprint density at radius 2 is 1.32 bits per heavy atom. The van der Waals surface area contributed by atoms with Gasteiger partial charge < -0.3 is 103 Å². The Labute approximate surface area is 430 Å². The first-order chi connectivity index (χ1) is 35.3. The van der Waals surface area contributed by atoms with Gasteiger partial charge in [0.25, 0.3) is 0 Å². The number of guanidine groups is 1. The molecule has 2 rings (SSSR count). The van der Waals surface area contributed by atoms with Crippen LogP contribution in [0.3, 0.4) is 0 Å². The van der Waals surface area contributed by atoms with Gasteiger partial charge in [0.05, 0.1) is 30.7 Å². The number of aliphatic hydroxyl groups excluding tert-OH is 2.